The number of carbonyl (C=O) groups is 1. The first-order valence-electron chi connectivity index (χ1n) is 6.48. The fraction of sp³-hybridized carbons (Fsp3) is 0.500. The lowest BCUT2D eigenvalue weighted by Crippen LogP contribution is -2.71. The molecule has 0 radical (unpaired) electrons. The van der Waals surface area contributed by atoms with E-state index < -0.39 is 11.3 Å². The van der Waals surface area contributed by atoms with E-state index in [4.69, 9.17) is 9.78 Å². The molecule has 2 aliphatic heterocycles. The van der Waals surface area contributed by atoms with E-state index in [0.29, 0.717) is 0 Å². The van der Waals surface area contributed by atoms with E-state index in [2.05, 4.69) is 6.07 Å². The van der Waals surface area contributed by atoms with E-state index in [-0.39, 0.29) is 5.91 Å². The number of nitrogens with zero attached hydrogens (tertiary/aromatic N) is 1. The second-order valence-corrected chi connectivity index (χ2v) is 5.36. The van der Waals surface area contributed by atoms with Crippen molar-refractivity contribution in [3.05, 3.63) is 29.8 Å². The van der Waals surface area contributed by atoms with E-state index in [9.17, 15) is 4.79 Å². The minimum Gasteiger partial charge on any atom is -0.277 e. The van der Waals surface area contributed by atoms with Gasteiger partial charge in [-0.05, 0) is 25.3 Å². The highest BCUT2D eigenvalue weighted by molar-refractivity contribution is 5.96. The largest absolute Gasteiger partial charge is 0.277 e. The highest BCUT2D eigenvalue weighted by atomic mass is 17.3. The van der Waals surface area contributed by atoms with Crippen LogP contribution in [0.1, 0.15) is 38.2 Å². The molecule has 94 valence electrons. The first-order valence-corrected chi connectivity index (χ1v) is 6.48. The van der Waals surface area contributed by atoms with Gasteiger partial charge in [0, 0.05) is 18.9 Å². The zero-order valence-corrected chi connectivity index (χ0v) is 10.3. The van der Waals surface area contributed by atoms with Gasteiger partial charge in [-0.25, -0.2) is 9.78 Å². The molecule has 1 aromatic rings. The van der Waals surface area contributed by atoms with Gasteiger partial charge in [-0.1, -0.05) is 18.2 Å². The van der Waals surface area contributed by atoms with Gasteiger partial charge in [-0.2, -0.15) is 0 Å². The molecule has 2 atom stereocenters. The van der Waals surface area contributed by atoms with Crippen molar-refractivity contribution in [2.24, 2.45) is 0 Å². The normalized spacial score (nSPS) is 36.4. The molecule has 2 fully saturated rings. The third kappa shape index (κ3) is 0.907. The molecule has 1 saturated carbocycles. The molecule has 4 heteroatoms. The van der Waals surface area contributed by atoms with Crippen LogP contribution < -0.4 is 4.90 Å². The lowest BCUT2D eigenvalue weighted by atomic mass is 9.74. The van der Waals surface area contributed by atoms with Crippen LogP contribution in [0.15, 0.2) is 24.3 Å². The summed E-state index contributed by atoms with van der Waals surface area (Å²) < 4.78 is 0. The zero-order chi connectivity index (χ0) is 12.4. The maximum absolute atomic E-state index is 12.0. The van der Waals surface area contributed by atoms with Crippen LogP contribution in [-0.2, 0) is 20.2 Å². The molecule has 1 aromatic carbocycles. The van der Waals surface area contributed by atoms with Crippen molar-refractivity contribution in [2.45, 2.75) is 43.9 Å². The maximum atomic E-state index is 12.0. The summed E-state index contributed by atoms with van der Waals surface area (Å²) in [5.41, 5.74) is 1.05. The van der Waals surface area contributed by atoms with Crippen LogP contribution in [0.5, 0.6) is 0 Å². The number of anilines is 1. The second kappa shape index (κ2) is 3.13. The summed E-state index contributed by atoms with van der Waals surface area (Å²) in [4.78, 5) is 24.9. The molecule has 3 aliphatic rings. The van der Waals surface area contributed by atoms with Crippen molar-refractivity contribution >= 4 is 11.6 Å². The first kappa shape index (κ1) is 10.5. The second-order valence-electron chi connectivity index (χ2n) is 5.36. The van der Waals surface area contributed by atoms with Gasteiger partial charge in [-0.15, -0.1) is 0 Å². The van der Waals surface area contributed by atoms with Gasteiger partial charge in [0.2, 0.25) is 11.6 Å². The molecule has 1 amide bonds. The van der Waals surface area contributed by atoms with Gasteiger partial charge < -0.3 is 0 Å². The molecular formula is C14H15NO3. The minimum atomic E-state index is -0.583. The minimum absolute atomic E-state index is 0.0227. The number of rotatable bonds is 0. The Morgan fingerprint density at radius 2 is 2.00 bits per heavy atom. The zero-order valence-electron chi connectivity index (χ0n) is 10.3. The number of amides is 1. The third-order valence-electron chi connectivity index (χ3n) is 4.50. The van der Waals surface area contributed by atoms with Crippen molar-refractivity contribution in [3.8, 4) is 0 Å². The predicted molar refractivity (Wildman–Crippen MR) is 64.6 cm³/mol. The third-order valence-corrected chi connectivity index (χ3v) is 4.50. The molecule has 18 heavy (non-hydrogen) atoms. The Morgan fingerprint density at radius 1 is 1.22 bits per heavy atom. The molecule has 4 rings (SSSR count). The molecule has 1 aliphatic carbocycles. The Hall–Kier alpha value is -1.39. The smallest absolute Gasteiger partial charge is 0.226 e. The van der Waals surface area contributed by atoms with Gasteiger partial charge >= 0.3 is 0 Å². The van der Waals surface area contributed by atoms with Crippen molar-refractivity contribution in [1.29, 1.82) is 0 Å². The fourth-order valence-electron chi connectivity index (χ4n) is 3.81. The fourth-order valence-corrected chi connectivity index (χ4v) is 3.81. The van der Waals surface area contributed by atoms with E-state index in [1.807, 2.05) is 18.2 Å². The van der Waals surface area contributed by atoms with Gasteiger partial charge in [0.1, 0.15) is 0 Å². The van der Waals surface area contributed by atoms with Crippen LogP contribution >= 0.6 is 0 Å². The Labute approximate surface area is 105 Å². The van der Waals surface area contributed by atoms with Crippen molar-refractivity contribution < 1.29 is 14.6 Å². The van der Waals surface area contributed by atoms with Crippen LogP contribution in [0.3, 0.4) is 0 Å². The summed E-state index contributed by atoms with van der Waals surface area (Å²) in [6.45, 7) is 1.60. The van der Waals surface area contributed by atoms with E-state index in [1.165, 1.54) is 0 Å². The highest BCUT2D eigenvalue weighted by Gasteiger charge is 2.74. The molecular weight excluding hydrogens is 230 g/mol. The van der Waals surface area contributed by atoms with E-state index >= 15 is 0 Å². The maximum Gasteiger partial charge on any atom is 0.226 e. The number of carbonyl (C=O) groups excluding carboxylic acids is 1. The van der Waals surface area contributed by atoms with Crippen molar-refractivity contribution in [3.63, 3.8) is 0 Å². The Kier molecular flexibility index (Phi) is 1.83. The quantitative estimate of drug-likeness (QED) is 0.659. The van der Waals surface area contributed by atoms with E-state index in [1.54, 1.807) is 11.8 Å². The molecule has 0 unspecified atom stereocenters. The van der Waals surface area contributed by atoms with Crippen molar-refractivity contribution in [2.75, 3.05) is 4.90 Å². The molecule has 1 saturated heterocycles. The van der Waals surface area contributed by atoms with Gasteiger partial charge in [0.05, 0.1) is 5.69 Å². The molecule has 0 spiro atoms. The number of fused-ring (bicyclic) bond motifs is 1. The van der Waals surface area contributed by atoms with E-state index in [0.717, 1.165) is 36.9 Å². The average molecular weight is 245 g/mol. The summed E-state index contributed by atoms with van der Waals surface area (Å²) in [6, 6.07) is 7.99. The Bertz CT molecular complexity index is 544. The van der Waals surface area contributed by atoms with Gasteiger partial charge in [0.15, 0.2) is 5.60 Å². The monoisotopic (exact) mass is 245 g/mol. The van der Waals surface area contributed by atoms with Crippen LogP contribution in [0, 0.1) is 0 Å². The average Bonchev–Trinajstić information content (AvgIpc) is 2.54. The number of benzene rings is 1. The molecule has 0 N–H and O–H groups in total. The summed E-state index contributed by atoms with van der Waals surface area (Å²) >= 11 is 0. The highest BCUT2D eigenvalue weighted by Crippen LogP contribution is 2.65. The summed E-state index contributed by atoms with van der Waals surface area (Å²) in [6.07, 6.45) is 3.96. The van der Waals surface area contributed by atoms with Gasteiger partial charge in [0.25, 0.3) is 0 Å². The Morgan fingerprint density at radius 3 is 2.72 bits per heavy atom. The predicted octanol–water partition coefficient (Wildman–Crippen LogP) is 2.48. The molecule has 0 aromatic heterocycles. The topological polar surface area (TPSA) is 38.8 Å². The number of para-hydroxylation sites is 1. The standard InChI is InChI=1S/C14H15NO3/c1-10(16)15-12-7-3-2-6-11(12)13-8-4-5-9-14(13,15)18-17-13/h2-3,6-7H,4-5,8-9H2,1H3/t13-,14-/m0/s1. The summed E-state index contributed by atoms with van der Waals surface area (Å²) in [7, 11) is 0. The molecule has 0 bridgehead atoms. The van der Waals surface area contributed by atoms with Crippen LogP contribution in [0.4, 0.5) is 5.69 Å². The van der Waals surface area contributed by atoms with Crippen LogP contribution in [-0.4, -0.2) is 11.6 Å². The lowest BCUT2D eigenvalue weighted by Gasteiger charge is -2.57. The summed E-state index contributed by atoms with van der Waals surface area (Å²) in [5, 5.41) is 0. The SMILES string of the molecule is CC(=O)N1c2ccccc2[C@@]23CCCC[C@@]12OO3. The summed E-state index contributed by atoms with van der Waals surface area (Å²) in [5.74, 6) is 0.0227. The van der Waals surface area contributed by atoms with Crippen LogP contribution in [0.2, 0.25) is 0 Å². The first-order chi connectivity index (χ1) is 8.71. The molecule has 4 nitrogen and oxygen atoms in total. The molecule has 2 heterocycles. The van der Waals surface area contributed by atoms with Crippen molar-refractivity contribution in [1.82, 2.24) is 0 Å². The Balaban J connectivity index is 1.98. The van der Waals surface area contributed by atoms with Crippen LogP contribution in [0.25, 0.3) is 0 Å². The van der Waals surface area contributed by atoms with Gasteiger partial charge in [-0.3, -0.25) is 9.69 Å². The number of hydrogen-bond acceptors (Lipinski definition) is 3. The lowest BCUT2D eigenvalue weighted by molar-refractivity contribution is -0.563. The number of hydrogen-bond donors (Lipinski definition) is 0.